The minimum atomic E-state index is -3.63. The van der Waals surface area contributed by atoms with E-state index in [1.165, 1.54) is 27.9 Å². The van der Waals surface area contributed by atoms with Gasteiger partial charge in [-0.2, -0.15) is 4.31 Å². The molecule has 3 aromatic rings. The maximum atomic E-state index is 13.3. The molecule has 5 rings (SSSR count). The van der Waals surface area contributed by atoms with E-state index >= 15 is 0 Å². The highest BCUT2D eigenvalue weighted by molar-refractivity contribution is 7.89. The molecule has 2 aromatic carbocycles. The first-order valence-corrected chi connectivity index (χ1v) is 12.5. The van der Waals surface area contributed by atoms with Crippen LogP contribution in [-0.4, -0.2) is 54.7 Å². The number of benzene rings is 2. The van der Waals surface area contributed by atoms with Gasteiger partial charge in [-0.1, -0.05) is 18.2 Å². The fourth-order valence-corrected chi connectivity index (χ4v) is 6.60. The number of carbonyl (C=O) groups excluding carboxylic acids is 1. The smallest absolute Gasteiger partial charge is 0.243 e. The minimum Gasteiger partial charge on any atom is -0.357 e. The molecule has 1 fully saturated rings. The van der Waals surface area contributed by atoms with Crippen LogP contribution < -0.4 is 5.32 Å². The Kier molecular flexibility index (Phi) is 5.31. The van der Waals surface area contributed by atoms with Crippen molar-refractivity contribution >= 4 is 32.5 Å². The molecule has 0 aliphatic carbocycles. The Bertz CT molecular complexity index is 1270. The van der Waals surface area contributed by atoms with Crippen molar-refractivity contribution in [2.75, 3.05) is 25.5 Å². The van der Waals surface area contributed by atoms with Crippen LogP contribution in [0.1, 0.15) is 37.1 Å². The number of piperidine rings is 1. The summed E-state index contributed by atoms with van der Waals surface area (Å²) in [7, 11) is -1.94. The Balaban J connectivity index is 1.39. The van der Waals surface area contributed by atoms with Gasteiger partial charge in [0.25, 0.3) is 0 Å². The number of H-pyrrole nitrogens is 1. The van der Waals surface area contributed by atoms with Crippen LogP contribution in [0.25, 0.3) is 10.9 Å². The van der Waals surface area contributed by atoms with Crippen LogP contribution in [0.15, 0.2) is 53.4 Å². The molecule has 2 aliphatic heterocycles. The molecule has 2 aliphatic rings. The Hall–Kier alpha value is -2.68. The number of aromatic amines is 1. The number of hydrogen-bond acceptors (Lipinski definition) is 4. The second kappa shape index (κ2) is 8.03. The summed E-state index contributed by atoms with van der Waals surface area (Å²) >= 11 is 0. The largest absolute Gasteiger partial charge is 0.357 e. The summed E-state index contributed by atoms with van der Waals surface area (Å²) < 4.78 is 28.2. The van der Waals surface area contributed by atoms with Gasteiger partial charge < -0.3 is 10.3 Å². The predicted molar refractivity (Wildman–Crippen MR) is 125 cm³/mol. The first-order valence-electron chi connectivity index (χ1n) is 11.0. The van der Waals surface area contributed by atoms with Crippen LogP contribution >= 0.6 is 0 Å². The van der Waals surface area contributed by atoms with Gasteiger partial charge in [0.1, 0.15) is 0 Å². The molecular formula is C24H28N4O3S. The van der Waals surface area contributed by atoms with Gasteiger partial charge in [0, 0.05) is 55.4 Å². The lowest BCUT2D eigenvalue weighted by Gasteiger charge is -2.44. The number of carbonyl (C=O) groups is 1. The zero-order valence-corrected chi connectivity index (χ0v) is 19.2. The first-order chi connectivity index (χ1) is 15.3. The van der Waals surface area contributed by atoms with Gasteiger partial charge in [-0.15, -0.1) is 0 Å². The zero-order chi connectivity index (χ0) is 22.5. The third kappa shape index (κ3) is 3.62. The summed E-state index contributed by atoms with van der Waals surface area (Å²) in [4.78, 5) is 17.6. The number of amides is 1. The molecule has 3 heterocycles. The molecule has 1 aromatic heterocycles. The first kappa shape index (κ1) is 21.2. The molecule has 0 unspecified atom stereocenters. The van der Waals surface area contributed by atoms with Gasteiger partial charge in [-0.3, -0.25) is 9.69 Å². The van der Waals surface area contributed by atoms with Crippen molar-refractivity contribution in [2.24, 2.45) is 0 Å². The molecule has 2 N–H and O–H groups in total. The molecule has 0 radical (unpaired) electrons. The van der Waals surface area contributed by atoms with Gasteiger partial charge >= 0.3 is 0 Å². The second-order valence-corrected chi connectivity index (χ2v) is 10.8. The van der Waals surface area contributed by atoms with Gasteiger partial charge in [-0.25, -0.2) is 8.42 Å². The van der Waals surface area contributed by atoms with Crippen molar-refractivity contribution in [3.63, 3.8) is 0 Å². The number of fused-ring (bicyclic) bond motifs is 5. The van der Waals surface area contributed by atoms with Crippen LogP contribution in [0.4, 0.5) is 5.69 Å². The highest BCUT2D eigenvalue weighted by atomic mass is 32.2. The average Bonchev–Trinajstić information content (AvgIpc) is 3.17. The molecule has 0 saturated carbocycles. The third-order valence-electron chi connectivity index (χ3n) is 6.88. The van der Waals surface area contributed by atoms with Crippen molar-refractivity contribution < 1.29 is 13.2 Å². The summed E-state index contributed by atoms with van der Waals surface area (Å²) in [5, 5.41) is 3.95. The maximum Gasteiger partial charge on any atom is 0.243 e. The summed E-state index contributed by atoms with van der Waals surface area (Å²) in [5.41, 5.74) is 4.36. The molecule has 2 atom stereocenters. The maximum absolute atomic E-state index is 13.3. The van der Waals surface area contributed by atoms with Crippen LogP contribution in [0.2, 0.25) is 0 Å². The molecule has 32 heavy (non-hydrogen) atoms. The van der Waals surface area contributed by atoms with E-state index in [2.05, 4.69) is 33.4 Å². The van der Waals surface area contributed by atoms with Gasteiger partial charge in [0.05, 0.1) is 10.9 Å². The SMILES string of the molecule is CC(=O)Nc1ccc(S(=O)(=O)N(C)[C@@H]2CCN3CCc4c([nH]c5ccccc45)[C@H]3C2)cc1. The van der Waals surface area contributed by atoms with Crippen LogP contribution in [-0.2, 0) is 21.2 Å². The number of nitrogens with one attached hydrogen (secondary N) is 2. The summed E-state index contributed by atoms with van der Waals surface area (Å²) in [6.07, 6.45) is 2.60. The number of nitrogens with zero attached hydrogens (tertiary/aromatic N) is 2. The van der Waals surface area contributed by atoms with E-state index in [0.717, 1.165) is 37.9 Å². The fraction of sp³-hybridized carbons (Fsp3) is 0.375. The van der Waals surface area contributed by atoms with Crippen molar-refractivity contribution in [1.82, 2.24) is 14.2 Å². The Morgan fingerprint density at radius 2 is 1.88 bits per heavy atom. The Morgan fingerprint density at radius 1 is 1.12 bits per heavy atom. The highest BCUT2D eigenvalue weighted by Crippen LogP contribution is 2.41. The number of aromatic nitrogens is 1. The van der Waals surface area contributed by atoms with Crippen molar-refractivity contribution in [3.05, 3.63) is 59.8 Å². The number of anilines is 1. The van der Waals surface area contributed by atoms with E-state index in [1.807, 2.05) is 6.07 Å². The van der Waals surface area contributed by atoms with Crippen molar-refractivity contribution in [3.8, 4) is 0 Å². The van der Waals surface area contributed by atoms with Gasteiger partial charge in [0.2, 0.25) is 15.9 Å². The number of para-hydroxylation sites is 1. The summed E-state index contributed by atoms with van der Waals surface area (Å²) in [5.74, 6) is -0.187. The molecule has 8 heteroatoms. The standard InChI is InChI=1S/C24H28N4O3S/c1-16(29)25-17-7-9-19(10-8-17)32(30,31)27(2)18-11-13-28-14-12-21-20-5-3-4-6-22(20)26-24(21)23(28)15-18/h3-10,18,23,26H,11-15H2,1-2H3,(H,25,29)/t18-,23-/m1/s1. The van der Waals surface area contributed by atoms with Crippen molar-refractivity contribution in [2.45, 2.75) is 43.2 Å². The predicted octanol–water partition coefficient (Wildman–Crippen LogP) is 3.51. The quantitative estimate of drug-likeness (QED) is 0.634. The van der Waals surface area contributed by atoms with E-state index in [4.69, 9.17) is 0 Å². The normalized spacial score (nSPS) is 21.3. The van der Waals surface area contributed by atoms with E-state index < -0.39 is 10.0 Å². The number of rotatable bonds is 4. The lowest BCUT2D eigenvalue weighted by atomic mass is 9.88. The van der Waals surface area contributed by atoms with E-state index in [1.54, 1.807) is 31.3 Å². The molecular weight excluding hydrogens is 424 g/mol. The molecule has 7 nitrogen and oxygen atoms in total. The Labute approximate surface area is 188 Å². The monoisotopic (exact) mass is 452 g/mol. The van der Waals surface area contributed by atoms with Crippen LogP contribution in [0, 0.1) is 0 Å². The van der Waals surface area contributed by atoms with Gasteiger partial charge in [-0.05, 0) is 55.2 Å². The number of hydrogen-bond donors (Lipinski definition) is 2. The number of sulfonamides is 1. The summed E-state index contributed by atoms with van der Waals surface area (Å²) in [6.45, 7) is 3.31. The van der Waals surface area contributed by atoms with Crippen LogP contribution in [0.5, 0.6) is 0 Å². The third-order valence-corrected chi connectivity index (χ3v) is 8.80. The molecule has 1 saturated heterocycles. The second-order valence-electron chi connectivity index (χ2n) is 8.77. The summed E-state index contributed by atoms with van der Waals surface area (Å²) in [6, 6.07) is 14.9. The minimum absolute atomic E-state index is 0.0753. The average molecular weight is 453 g/mol. The molecule has 0 bridgehead atoms. The lowest BCUT2D eigenvalue weighted by Crippen LogP contribution is -2.48. The van der Waals surface area contributed by atoms with E-state index in [9.17, 15) is 13.2 Å². The fourth-order valence-electron chi connectivity index (χ4n) is 5.20. The topological polar surface area (TPSA) is 85.5 Å². The van der Waals surface area contributed by atoms with Gasteiger partial charge in [0.15, 0.2) is 0 Å². The van der Waals surface area contributed by atoms with E-state index in [-0.39, 0.29) is 22.9 Å². The lowest BCUT2D eigenvalue weighted by molar-refractivity contribution is -0.114. The molecule has 168 valence electrons. The van der Waals surface area contributed by atoms with Crippen molar-refractivity contribution in [1.29, 1.82) is 0 Å². The van der Waals surface area contributed by atoms with E-state index in [0.29, 0.717) is 5.69 Å². The molecule has 1 amide bonds. The molecule has 0 spiro atoms. The zero-order valence-electron chi connectivity index (χ0n) is 18.3. The van der Waals surface area contributed by atoms with Crippen LogP contribution in [0.3, 0.4) is 0 Å². The Morgan fingerprint density at radius 3 is 2.62 bits per heavy atom. The highest BCUT2D eigenvalue weighted by Gasteiger charge is 2.39.